The molecule has 2 heterocycles. The van der Waals surface area contributed by atoms with Crippen molar-refractivity contribution in [2.75, 3.05) is 0 Å². The van der Waals surface area contributed by atoms with Crippen LogP contribution in [0.3, 0.4) is 0 Å². The molecule has 0 atom stereocenters. The van der Waals surface area contributed by atoms with Crippen LogP contribution in [0.4, 0.5) is 0 Å². The molecule has 4 heteroatoms. The van der Waals surface area contributed by atoms with E-state index >= 15 is 0 Å². The monoisotopic (exact) mass is 243 g/mol. The lowest BCUT2D eigenvalue weighted by Gasteiger charge is -2.09. The number of hydrogen-bond acceptors (Lipinski definition) is 2. The van der Waals surface area contributed by atoms with Crippen molar-refractivity contribution in [3.63, 3.8) is 0 Å². The van der Waals surface area contributed by atoms with Crippen LogP contribution in [0.1, 0.15) is 36.9 Å². The minimum atomic E-state index is 0.153. The van der Waals surface area contributed by atoms with Crippen molar-refractivity contribution >= 4 is 5.52 Å². The summed E-state index contributed by atoms with van der Waals surface area (Å²) >= 11 is 0. The number of aromatic nitrogens is 3. The molecule has 2 aromatic rings. The van der Waals surface area contributed by atoms with Gasteiger partial charge in [-0.05, 0) is 44.4 Å². The number of rotatable bonds is 2. The Balaban J connectivity index is 1.91. The molecular formula is C14H17N3O. The summed E-state index contributed by atoms with van der Waals surface area (Å²) in [4.78, 5) is 12.5. The Morgan fingerprint density at radius 1 is 1.22 bits per heavy atom. The van der Waals surface area contributed by atoms with Gasteiger partial charge >= 0.3 is 0 Å². The summed E-state index contributed by atoms with van der Waals surface area (Å²) in [6.45, 7) is 0.884. The molecule has 1 saturated carbocycles. The molecule has 0 aliphatic heterocycles. The maximum absolute atomic E-state index is 12.5. The van der Waals surface area contributed by atoms with Gasteiger partial charge in [0.2, 0.25) is 0 Å². The van der Waals surface area contributed by atoms with Gasteiger partial charge in [-0.25, -0.2) is 4.52 Å². The molecule has 0 saturated heterocycles. The second kappa shape index (κ2) is 3.70. The zero-order valence-corrected chi connectivity index (χ0v) is 10.4. The van der Waals surface area contributed by atoms with Crippen molar-refractivity contribution in [1.82, 2.24) is 14.2 Å². The lowest BCUT2D eigenvalue weighted by molar-refractivity contribution is 0.602. The molecule has 0 bridgehead atoms. The Bertz CT molecular complexity index is 663. The van der Waals surface area contributed by atoms with Crippen LogP contribution in [0.15, 0.2) is 17.2 Å². The van der Waals surface area contributed by atoms with Gasteiger partial charge in [-0.3, -0.25) is 4.79 Å². The summed E-state index contributed by atoms with van der Waals surface area (Å²) in [5.74, 6) is 0.726. The largest absolute Gasteiger partial charge is 0.312 e. The minimum Gasteiger partial charge on any atom is -0.312 e. The second-order valence-corrected chi connectivity index (χ2v) is 5.62. The van der Waals surface area contributed by atoms with Crippen molar-refractivity contribution in [2.24, 2.45) is 5.92 Å². The highest BCUT2D eigenvalue weighted by atomic mass is 16.1. The molecule has 18 heavy (non-hydrogen) atoms. The van der Waals surface area contributed by atoms with Gasteiger partial charge in [0.15, 0.2) is 0 Å². The van der Waals surface area contributed by atoms with Gasteiger partial charge in [0.25, 0.3) is 5.56 Å². The summed E-state index contributed by atoms with van der Waals surface area (Å²) in [5, 5.41) is 4.55. The van der Waals surface area contributed by atoms with Crippen LogP contribution in [-0.2, 0) is 19.4 Å². The molecule has 0 radical (unpaired) electrons. The van der Waals surface area contributed by atoms with Gasteiger partial charge in [0.1, 0.15) is 5.52 Å². The molecule has 0 N–H and O–H groups in total. The molecule has 0 spiro atoms. The molecule has 4 nitrogen and oxygen atoms in total. The standard InChI is InChI=1S/C14H17N3O/c18-14-13-11-3-1-2-4-12(11)15-17(13)8-7-16(14)9-10-5-6-10/h7-8,10H,1-6,9H2. The predicted molar refractivity (Wildman–Crippen MR) is 68.8 cm³/mol. The molecule has 0 unspecified atom stereocenters. The molecular weight excluding hydrogens is 226 g/mol. The quantitative estimate of drug-likeness (QED) is 0.806. The minimum absolute atomic E-state index is 0.153. The lowest BCUT2D eigenvalue weighted by Crippen LogP contribution is -2.23. The average molecular weight is 243 g/mol. The van der Waals surface area contributed by atoms with Crippen LogP contribution < -0.4 is 5.56 Å². The van der Waals surface area contributed by atoms with Crippen molar-refractivity contribution in [3.05, 3.63) is 34.0 Å². The summed E-state index contributed by atoms with van der Waals surface area (Å²) in [6, 6.07) is 0. The third-order valence-electron chi connectivity index (χ3n) is 4.19. The zero-order chi connectivity index (χ0) is 12.1. The van der Waals surface area contributed by atoms with E-state index in [-0.39, 0.29) is 5.56 Å². The number of nitrogens with zero attached hydrogens (tertiary/aromatic N) is 3. The van der Waals surface area contributed by atoms with Crippen LogP contribution in [0, 0.1) is 5.92 Å². The number of fused-ring (bicyclic) bond motifs is 3. The first-order valence-corrected chi connectivity index (χ1v) is 6.92. The smallest absolute Gasteiger partial charge is 0.276 e. The van der Waals surface area contributed by atoms with Crippen molar-refractivity contribution in [1.29, 1.82) is 0 Å². The second-order valence-electron chi connectivity index (χ2n) is 5.62. The first-order chi connectivity index (χ1) is 8.83. The van der Waals surface area contributed by atoms with E-state index in [1.807, 2.05) is 17.0 Å². The molecule has 2 aromatic heterocycles. The van der Waals surface area contributed by atoms with E-state index < -0.39 is 0 Å². The highest BCUT2D eigenvalue weighted by Gasteiger charge is 2.24. The van der Waals surface area contributed by atoms with Gasteiger partial charge in [0, 0.05) is 24.5 Å². The summed E-state index contributed by atoms with van der Waals surface area (Å²) in [5.41, 5.74) is 3.33. The first kappa shape index (κ1) is 10.4. The first-order valence-electron chi connectivity index (χ1n) is 6.92. The van der Waals surface area contributed by atoms with Gasteiger partial charge < -0.3 is 4.57 Å². The molecule has 4 rings (SSSR count). The molecule has 94 valence electrons. The Morgan fingerprint density at radius 3 is 2.89 bits per heavy atom. The van der Waals surface area contributed by atoms with E-state index in [4.69, 9.17) is 0 Å². The van der Waals surface area contributed by atoms with E-state index in [1.54, 1.807) is 4.52 Å². The van der Waals surface area contributed by atoms with E-state index in [9.17, 15) is 4.79 Å². The van der Waals surface area contributed by atoms with Gasteiger partial charge in [-0.15, -0.1) is 0 Å². The third-order valence-corrected chi connectivity index (χ3v) is 4.19. The molecule has 2 aliphatic rings. The number of aryl methyl sites for hydroxylation is 2. The van der Waals surface area contributed by atoms with E-state index in [0.29, 0.717) is 0 Å². The zero-order valence-electron chi connectivity index (χ0n) is 10.4. The Hall–Kier alpha value is -1.58. The highest BCUT2D eigenvalue weighted by molar-refractivity contribution is 5.55. The summed E-state index contributed by atoms with van der Waals surface area (Å²) in [6.07, 6.45) is 10.8. The Morgan fingerprint density at radius 2 is 2.06 bits per heavy atom. The highest BCUT2D eigenvalue weighted by Crippen LogP contribution is 2.30. The average Bonchev–Trinajstić information content (AvgIpc) is 3.11. The SMILES string of the molecule is O=c1c2c3c(nn2ccn1CC1CC1)CCCC3. The van der Waals surface area contributed by atoms with Gasteiger partial charge in [-0.1, -0.05) is 0 Å². The van der Waals surface area contributed by atoms with Crippen LogP contribution in [0.2, 0.25) is 0 Å². The molecule has 1 fully saturated rings. The van der Waals surface area contributed by atoms with Crippen molar-refractivity contribution in [2.45, 2.75) is 45.1 Å². The van der Waals surface area contributed by atoms with Crippen molar-refractivity contribution in [3.8, 4) is 0 Å². The fraction of sp³-hybridized carbons (Fsp3) is 0.571. The molecule has 2 aliphatic carbocycles. The molecule has 0 amide bonds. The van der Waals surface area contributed by atoms with E-state index in [2.05, 4.69) is 5.10 Å². The van der Waals surface area contributed by atoms with Crippen LogP contribution in [0.25, 0.3) is 5.52 Å². The maximum atomic E-state index is 12.5. The van der Waals surface area contributed by atoms with Crippen molar-refractivity contribution < 1.29 is 0 Å². The number of hydrogen-bond donors (Lipinski definition) is 0. The fourth-order valence-electron chi connectivity index (χ4n) is 2.98. The topological polar surface area (TPSA) is 39.3 Å². The fourth-order valence-corrected chi connectivity index (χ4v) is 2.98. The third kappa shape index (κ3) is 1.51. The van der Waals surface area contributed by atoms with Gasteiger partial charge in [0.05, 0.1) is 5.69 Å². The lowest BCUT2D eigenvalue weighted by atomic mass is 9.97. The van der Waals surface area contributed by atoms with E-state index in [1.165, 1.54) is 31.2 Å². The Labute approximate surface area is 105 Å². The summed E-state index contributed by atoms with van der Waals surface area (Å²) in [7, 11) is 0. The Kier molecular flexibility index (Phi) is 2.13. The molecule has 0 aromatic carbocycles. The van der Waals surface area contributed by atoms with Crippen LogP contribution in [0.5, 0.6) is 0 Å². The van der Waals surface area contributed by atoms with Crippen LogP contribution in [-0.4, -0.2) is 14.2 Å². The van der Waals surface area contributed by atoms with Crippen LogP contribution >= 0.6 is 0 Å². The maximum Gasteiger partial charge on any atom is 0.276 e. The summed E-state index contributed by atoms with van der Waals surface area (Å²) < 4.78 is 3.67. The predicted octanol–water partition coefficient (Wildman–Crippen LogP) is 1.78. The van der Waals surface area contributed by atoms with Gasteiger partial charge in [-0.2, -0.15) is 5.10 Å². The normalized spacial score (nSPS) is 19.1. The van der Waals surface area contributed by atoms with E-state index in [0.717, 1.165) is 36.5 Å².